The molecule has 0 aromatic heterocycles. The van der Waals surface area contributed by atoms with Crippen molar-refractivity contribution in [1.29, 1.82) is 5.26 Å². The number of rotatable bonds is 9. The molecule has 1 heterocycles. The lowest BCUT2D eigenvalue weighted by atomic mass is 10.2. The number of nitrogens with one attached hydrogen (secondary N) is 4. The summed E-state index contributed by atoms with van der Waals surface area (Å²) in [7, 11) is 3.95. The monoisotopic (exact) mass is 435 g/mol. The van der Waals surface area contributed by atoms with Gasteiger partial charge in [-0.15, -0.1) is 0 Å². The van der Waals surface area contributed by atoms with Crippen molar-refractivity contribution in [2.24, 2.45) is 4.99 Å². The van der Waals surface area contributed by atoms with E-state index in [1.54, 1.807) is 12.1 Å². The molecule has 1 unspecified atom stereocenters. The van der Waals surface area contributed by atoms with Gasteiger partial charge in [0.1, 0.15) is 12.0 Å². The fourth-order valence-electron chi connectivity index (χ4n) is 2.85. The van der Waals surface area contributed by atoms with Gasteiger partial charge in [0.25, 0.3) is 0 Å². The molecule has 0 spiro atoms. The number of nitrogens with zero attached hydrogens (tertiary/aromatic N) is 3. The van der Waals surface area contributed by atoms with Gasteiger partial charge in [0, 0.05) is 44.4 Å². The molecule has 0 saturated carbocycles. The highest BCUT2D eigenvalue weighted by Crippen LogP contribution is 2.12. The van der Waals surface area contributed by atoms with Crippen molar-refractivity contribution in [2.75, 3.05) is 45.6 Å². The topological polar surface area (TPSA) is 105 Å². The molecule has 1 aliphatic rings. The first kappa shape index (κ1) is 24.8. The van der Waals surface area contributed by atoms with Gasteiger partial charge in [-0.2, -0.15) is 5.26 Å². The molecule has 8 heteroatoms. The summed E-state index contributed by atoms with van der Waals surface area (Å²) in [5.74, 6) is 6.99. The van der Waals surface area contributed by atoms with E-state index < -0.39 is 0 Å². The molecular weight excluding hydrogens is 402 g/mol. The molecule has 0 bridgehead atoms. The summed E-state index contributed by atoms with van der Waals surface area (Å²) >= 11 is 0. The Hall–Kier alpha value is -3.49. The van der Waals surface area contributed by atoms with Crippen LogP contribution in [0, 0.1) is 23.2 Å². The highest BCUT2D eigenvalue weighted by molar-refractivity contribution is 6.02. The van der Waals surface area contributed by atoms with Crippen LogP contribution in [0.25, 0.3) is 0 Å². The summed E-state index contributed by atoms with van der Waals surface area (Å²) in [5, 5.41) is 21.8. The van der Waals surface area contributed by atoms with E-state index in [9.17, 15) is 4.79 Å². The van der Waals surface area contributed by atoms with Crippen LogP contribution in [-0.4, -0.2) is 63.1 Å². The highest BCUT2D eigenvalue weighted by Gasteiger charge is 2.14. The third-order valence-corrected chi connectivity index (χ3v) is 4.57. The Balaban J connectivity index is 1.98. The maximum absolute atomic E-state index is 11.9. The number of carbonyl (C=O) groups excluding carboxylic acids is 1. The molecule has 0 saturated heterocycles. The lowest BCUT2D eigenvalue weighted by Crippen LogP contribution is -2.31. The number of nitriles is 1. The van der Waals surface area contributed by atoms with Crippen LogP contribution >= 0.6 is 0 Å². The van der Waals surface area contributed by atoms with Crippen molar-refractivity contribution in [3.05, 3.63) is 41.6 Å². The predicted octanol–water partition coefficient (Wildman–Crippen LogP) is 1.64. The number of amides is 1. The van der Waals surface area contributed by atoms with Crippen molar-refractivity contribution in [3.8, 4) is 17.9 Å². The van der Waals surface area contributed by atoms with Crippen molar-refractivity contribution in [2.45, 2.75) is 32.4 Å². The second-order valence-corrected chi connectivity index (χ2v) is 7.68. The standard InChI is InChI=1S/C24H33N7O/c1-4-13-28-24-20(7-5-6-8-23(32)27-14-15-31(2)3)17-26-18-22(30-24)29-21-11-9-19(16-25)10-12-21/h9-12,17,22,26,29H,4,6,8,13-15,18H2,1-3H3,(H,27,32)(H,28,30). The SMILES string of the molecule is CCCNC1=NC(Nc2ccc(C#N)cc2)CNC=C1C#CCCC(=O)NCCN(C)C. The number of hydrogen-bond acceptors (Lipinski definition) is 7. The van der Waals surface area contributed by atoms with E-state index in [1.165, 1.54) is 0 Å². The first-order chi connectivity index (χ1) is 15.5. The maximum Gasteiger partial charge on any atom is 0.221 e. The van der Waals surface area contributed by atoms with Crippen LogP contribution < -0.4 is 21.3 Å². The number of aliphatic imine (C=N–C) groups is 1. The summed E-state index contributed by atoms with van der Waals surface area (Å²) < 4.78 is 0. The quantitative estimate of drug-likeness (QED) is 0.440. The van der Waals surface area contributed by atoms with Crippen molar-refractivity contribution in [3.63, 3.8) is 0 Å². The Kier molecular flexibility index (Phi) is 10.6. The lowest BCUT2D eigenvalue weighted by molar-refractivity contribution is -0.121. The van der Waals surface area contributed by atoms with Crippen LogP contribution in [0.15, 0.2) is 41.0 Å². The zero-order chi connectivity index (χ0) is 23.2. The van der Waals surface area contributed by atoms with E-state index >= 15 is 0 Å². The summed E-state index contributed by atoms with van der Waals surface area (Å²) in [5.41, 5.74) is 2.29. The molecular formula is C24H33N7O. The van der Waals surface area contributed by atoms with Gasteiger partial charge in [0.05, 0.1) is 23.8 Å². The van der Waals surface area contributed by atoms with E-state index in [4.69, 9.17) is 10.3 Å². The predicted molar refractivity (Wildman–Crippen MR) is 129 cm³/mol. The zero-order valence-electron chi connectivity index (χ0n) is 19.2. The number of carbonyl (C=O) groups is 1. The minimum atomic E-state index is -0.194. The third-order valence-electron chi connectivity index (χ3n) is 4.57. The number of amidine groups is 1. The number of hydrogen-bond donors (Lipinski definition) is 4. The summed E-state index contributed by atoms with van der Waals surface area (Å²) in [6, 6.07) is 9.42. The average Bonchev–Trinajstić information content (AvgIpc) is 2.97. The van der Waals surface area contributed by atoms with Crippen molar-refractivity contribution in [1.82, 2.24) is 20.9 Å². The van der Waals surface area contributed by atoms with E-state index in [1.807, 2.05) is 37.3 Å². The summed E-state index contributed by atoms with van der Waals surface area (Å²) in [6.45, 7) is 4.93. The van der Waals surface area contributed by atoms with Crippen LogP contribution in [-0.2, 0) is 4.79 Å². The van der Waals surface area contributed by atoms with Gasteiger partial charge in [0.2, 0.25) is 5.91 Å². The minimum Gasteiger partial charge on any atom is -0.386 e. The van der Waals surface area contributed by atoms with E-state index in [0.29, 0.717) is 31.5 Å². The van der Waals surface area contributed by atoms with Crippen LogP contribution in [0.5, 0.6) is 0 Å². The normalized spacial score (nSPS) is 15.2. The third kappa shape index (κ3) is 9.11. The Morgan fingerprint density at radius 3 is 2.75 bits per heavy atom. The number of benzene rings is 1. The molecule has 8 nitrogen and oxygen atoms in total. The molecule has 32 heavy (non-hydrogen) atoms. The molecule has 1 atom stereocenters. The molecule has 0 aliphatic carbocycles. The lowest BCUT2D eigenvalue weighted by Gasteiger charge is -2.16. The van der Waals surface area contributed by atoms with E-state index in [0.717, 1.165) is 36.6 Å². The largest absolute Gasteiger partial charge is 0.386 e. The van der Waals surface area contributed by atoms with Crippen LogP contribution in [0.2, 0.25) is 0 Å². The first-order valence-electron chi connectivity index (χ1n) is 10.9. The second-order valence-electron chi connectivity index (χ2n) is 7.68. The Morgan fingerprint density at radius 2 is 2.06 bits per heavy atom. The average molecular weight is 436 g/mol. The molecule has 1 aromatic carbocycles. The Morgan fingerprint density at radius 1 is 1.28 bits per heavy atom. The Labute approximate surface area is 191 Å². The molecule has 2 rings (SSSR count). The van der Waals surface area contributed by atoms with E-state index in [-0.39, 0.29) is 12.1 Å². The molecule has 1 amide bonds. The first-order valence-corrected chi connectivity index (χ1v) is 10.9. The van der Waals surface area contributed by atoms with Gasteiger partial charge in [-0.3, -0.25) is 4.79 Å². The maximum atomic E-state index is 11.9. The summed E-state index contributed by atoms with van der Waals surface area (Å²) in [4.78, 5) is 18.7. The molecule has 0 fully saturated rings. The fourth-order valence-corrected chi connectivity index (χ4v) is 2.85. The van der Waals surface area contributed by atoms with Crippen LogP contribution in [0.4, 0.5) is 5.69 Å². The molecule has 1 aromatic rings. The molecule has 170 valence electrons. The van der Waals surface area contributed by atoms with Crippen LogP contribution in [0.3, 0.4) is 0 Å². The van der Waals surface area contributed by atoms with Crippen LogP contribution in [0.1, 0.15) is 31.7 Å². The second kappa shape index (κ2) is 13.7. The molecule has 4 N–H and O–H groups in total. The number of likely N-dealkylation sites (N-methyl/N-ethyl adjacent to an activating group) is 1. The van der Waals surface area contributed by atoms with Crippen molar-refractivity contribution < 1.29 is 4.79 Å². The zero-order valence-corrected chi connectivity index (χ0v) is 19.2. The van der Waals surface area contributed by atoms with Gasteiger partial charge in [-0.1, -0.05) is 18.8 Å². The van der Waals surface area contributed by atoms with Gasteiger partial charge < -0.3 is 26.2 Å². The Bertz CT molecular complexity index is 901. The van der Waals surface area contributed by atoms with Gasteiger partial charge in [0.15, 0.2) is 0 Å². The number of anilines is 1. The van der Waals surface area contributed by atoms with Gasteiger partial charge in [-0.05, 0) is 44.8 Å². The smallest absolute Gasteiger partial charge is 0.221 e. The molecule has 0 radical (unpaired) electrons. The fraction of sp³-hybridized carbons (Fsp3) is 0.458. The summed E-state index contributed by atoms with van der Waals surface area (Å²) in [6.07, 6.45) is 3.50. The van der Waals surface area contributed by atoms with E-state index in [2.05, 4.69) is 46.1 Å². The van der Waals surface area contributed by atoms with Gasteiger partial charge in [-0.25, -0.2) is 4.99 Å². The van der Waals surface area contributed by atoms with Crippen molar-refractivity contribution >= 4 is 17.4 Å². The highest BCUT2D eigenvalue weighted by atomic mass is 16.1. The van der Waals surface area contributed by atoms with Gasteiger partial charge >= 0.3 is 0 Å². The molecule has 1 aliphatic heterocycles. The minimum absolute atomic E-state index is 0.0128.